The zero-order valence-electron chi connectivity index (χ0n) is 9.63. The summed E-state index contributed by atoms with van der Waals surface area (Å²) in [5, 5.41) is 9.93. The molecule has 0 aliphatic rings. The zero-order chi connectivity index (χ0) is 11.4. The molecular weight excluding hydrogens is 190 g/mol. The molecule has 3 N–H and O–H groups in total. The van der Waals surface area contributed by atoms with Gasteiger partial charge >= 0.3 is 0 Å². The van der Waals surface area contributed by atoms with Gasteiger partial charge in [0.05, 0.1) is 7.11 Å². The molecule has 0 amide bonds. The van der Waals surface area contributed by atoms with E-state index in [0.29, 0.717) is 12.3 Å². The Balaban J connectivity index is 3.11. The van der Waals surface area contributed by atoms with Gasteiger partial charge in [0.2, 0.25) is 0 Å². The fraction of sp³-hybridized carbons (Fsp3) is 0.500. The molecule has 0 unspecified atom stereocenters. The predicted molar refractivity (Wildman–Crippen MR) is 61.5 cm³/mol. The Morgan fingerprint density at radius 2 is 2.00 bits per heavy atom. The van der Waals surface area contributed by atoms with Crippen LogP contribution in [0.15, 0.2) is 6.07 Å². The lowest BCUT2D eigenvalue weighted by Crippen LogP contribution is -2.02. The highest BCUT2D eigenvalue weighted by molar-refractivity contribution is 5.51. The third kappa shape index (κ3) is 2.42. The summed E-state index contributed by atoms with van der Waals surface area (Å²) in [4.78, 5) is 0. The lowest BCUT2D eigenvalue weighted by atomic mass is 10.00. The summed E-state index contributed by atoms with van der Waals surface area (Å²) in [5.74, 6) is 1.21. The van der Waals surface area contributed by atoms with Crippen LogP contribution in [0.4, 0.5) is 0 Å². The first-order valence-electron chi connectivity index (χ1n) is 5.18. The molecule has 3 nitrogen and oxygen atoms in total. The van der Waals surface area contributed by atoms with Crippen LogP contribution in [0.25, 0.3) is 0 Å². The van der Waals surface area contributed by atoms with Crippen LogP contribution in [-0.4, -0.2) is 18.8 Å². The van der Waals surface area contributed by atoms with Crippen molar-refractivity contribution in [1.29, 1.82) is 0 Å². The summed E-state index contributed by atoms with van der Waals surface area (Å²) in [6.45, 7) is 4.48. The van der Waals surface area contributed by atoms with Gasteiger partial charge in [0.1, 0.15) is 11.5 Å². The van der Waals surface area contributed by atoms with Crippen molar-refractivity contribution in [3.05, 3.63) is 22.8 Å². The maximum Gasteiger partial charge on any atom is 0.122 e. The number of hydrogen-bond donors (Lipinski definition) is 2. The standard InChI is InChI=1S/C12H19NO2/c1-8-9(2)12(14)10(5-4-6-13)7-11(8)15-3/h7,14H,4-6,13H2,1-3H3. The van der Waals surface area contributed by atoms with E-state index in [-0.39, 0.29) is 0 Å². The molecule has 84 valence electrons. The normalized spacial score (nSPS) is 10.4. The number of methoxy groups -OCH3 is 1. The van der Waals surface area contributed by atoms with E-state index in [1.165, 1.54) is 0 Å². The average Bonchev–Trinajstić information content (AvgIpc) is 2.25. The third-order valence-electron chi connectivity index (χ3n) is 2.77. The molecule has 1 aromatic carbocycles. The minimum Gasteiger partial charge on any atom is -0.507 e. The highest BCUT2D eigenvalue weighted by Gasteiger charge is 2.11. The molecule has 0 radical (unpaired) electrons. The molecule has 1 rings (SSSR count). The second kappa shape index (κ2) is 5.03. The van der Waals surface area contributed by atoms with Crippen LogP contribution in [0, 0.1) is 13.8 Å². The Morgan fingerprint density at radius 1 is 1.33 bits per heavy atom. The van der Waals surface area contributed by atoms with Gasteiger partial charge in [0, 0.05) is 0 Å². The van der Waals surface area contributed by atoms with Crippen molar-refractivity contribution < 1.29 is 9.84 Å². The topological polar surface area (TPSA) is 55.5 Å². The minimum absolute atomic E-state index is 0.377. The number of nitrogens with two attached hydrogens (primary N) is 1. The number of phenols is 1. The summed E-state index contributed by atoms with van der Waals surface area (Å²) in [7, 11) is 1.64. The van der Waals surface area contributed by atoms with Crippen molar-refractivity contribution >= 4 is 0 Å². The summed E-state index contributed by atoms with van der Waals surface area (Å²) in [5.41, 5.74) is 8.25. The van der Waals surface area contributed by atoms with Crippen molar-refractivity contribution in [3.8, 4) is 11.5 Å². The smallest absolute Gasteiger partial charge is 0.122 e. The first-order valence-corrected chi connectivity index (χ1v) is 5.18. The molecule has 0 aliphatic carbocycles. The number of ether oxygens (including phenoxy) is 1. The first kappa shape index (κ1) is 11.9. The van der Waals surface area contributed by atoms with Gasteiger partial charge < -0.3 is 15.6 Å². The van der Waals surface area contributed by atoms with E-state index in [2.05, 4.69) is 0 Å². The van der Waals surface area contributed by atoms with E-state index in [1.807, 2.05) is 19.9 Å². The zero-order valence-corrected chi connectivity index (χ0v) is 9.63. The van der Waals surface area contributed by atoms with E-state index < -0.39 is 0 Å². The van der Waals surface area contributed by atoms with Crippen LogP contribution >= 0.6 is 0 Å². The fourth-order valence-corrected chi connectivity index (χ4v) is 1.63. The van der Waals surface area contributed by atoms with Crippen LogP contribution < -0.4 is 10.5 Å². The predicted octanol–water partition coefficient (Wildman–Crippen LogP) is 1.91. The summed E-state index contributed by atoms with van der Waals surface area (Å²) in [6.07, 6.45) is 1.67. The van der Waals surface area contributed by atoms with E-state index in [9.17, 15) is 5.11 Å². The van der Waals surface area contributed by atoms with Gasteiger partial charge in [-0.15, -0.1) is 0 Å². The second-order valence-corrected chi connectivity index (χ2v) is 3.73. The van der Waals surface area contributed by atoms with Crippen LogP contribution in [-0.2, 0) is 6.42 Å². The number of hydrogen-bond acceptors (Lipinski definition) is 3. The molecule has 0 fully saturated rings. The molecular formula is C12H19NO2. The molecule has 0 spiro atoms. The lowest BCUT2D eigenvalue weighted by molar-refractivity contribution is 0.406. The van der Waals surface area contributed by atoms with E-state index in [1.54, 1.807) is 7.11 Å². The number of benzene rings is 1. The molecule has 1 aromatic rings. The van der Waals surface area contributed by atoms with E-state index in [4.69, 9.17) is 10.5 Å². The van der Waals surface area contributed by atoms with Gasteiger partial charge in [0.25, 0.3) is 0 Å². The van der Waals surface area contributed by atoms with Crippen LogP contribution in [0.3, 0.4) is 0 Å². The summed E-state index contributed by atoms with van der Waals surface area (Å²) < 4.78 is 5.26. The lowest BCUT2D eigenvalue weighted by Gasteiger charge is -2.13. The molecule has 0 aromatic heterocycles. The van der Waals surface area contributed by atoms with Crippen molar-refractivity contribution in [3.63, 3.8) is 0 Å². The third-order valence-corrected chi connectivity index (χ3v) is 2.77. The Morgan fingerprint density at radius 3 is 2.53 bits per heavy atom. The summed E-state index contributed by atoms with van der Waals surface area (Å²) in [6, 6.07) is 1.90. The minimum atomic E-state index is 0.377. The number of rotatable bonds is 4. The second-order valence-electron chi connectivity index (χ2n) is 3.73. The average molecular weight is 209 g/mol. The first-order chi connectivity index (χ1) is 7.11. The van der Waals surface area contributed by atoms with Gasteiger partial charge in [-0.2, -0.15) is 0 Å². The van der Waals surface area contributed by atoms with E-state index >= 15 is 0 Å². The molecule has 15 heavy (non-hydrogen) atoms. The quantitative estimate of drug-likeness (QED) is 0.796. The molecule has 0 aliphatic heterocycles. The highest BCUT2D eigenvalue weighted by atomic mass is 16.5. The Hall–Kier alpha value is -1.22. The SMILES string of the molecule is COc1cc(CCCN)c(O)c(C)c1C. The fourth-order valence-electron chi connectivity index (χ4n) is 1.63. The Kier molecular flexibility index (Phi) is 3.97. The summed E-state index contributed by atoms with van der Waals surface area (Å²) >= 11 is 0. The molecule has 0 bridgehead atoms. The number of phenolic OH excluding ortho intramolecular Hbond substituents is 1. The maximum absolute atomic E-state index is 9.93. The molecule has 0 saturated heterocycles. The monoisotopic (exact) mass is 209 g/mol. The number of aromatic hydroxyl groups is 1. The van der Waals surface area contributed by atoms with Crippen LogP contribution in [0.2, 0.25) is 0 Å². The largest absolute Gasteiger partial charge is 0.507 e. The van der Waals surface area contributed by atoms with Crippen molar-refractivity contribution in [2.75, 3.05) is 13.7 Å². The van der Waals surface area contributed by atoms with E-state index in [0.717, 1.165) is 35.3 Å². The van der Waals surface area contributed by atoms with Gasteiger partial charge in [-0.3, -0.25) is 0 Å². The Labute approximate surface area is 90.9 Å². The molecule has 0 heterocycles. The molecule has 0 atom stereocenters. The molecule has 0 saturated carbocycles. The molecule has 3 heteroatoms. The van der Waals surface area contributed by atoms with Crippen LogP contribution in [0.1, 0.15) is 23.1 Å². The van der Waals surface area contributed by atoms with Gasteiger partial charge in [-0.05, 0) is 56.0 Å². The highest BCUT2D eigenvalue weighted by Crippen LogP contribution is 2.32. The van der Waals surface area contributed by atoms with Crippen molar-refractivity contribution in [1.82, 2.24) is 0 Å². The van der Waals surface area contributed by atoms with Gasteiger partial charge in [0.15, 0.2) is 0 Å². The van der Waals surface area contributed by atoms with Crippen molar-refractivity contribution in [2.45, 2.75) is 26.7 Å². The van der Waals surface area contributed by atoms with Gasteiger partial charge in [-0.25, -0.2) is 0 Å². The van der Waals surface area contributed by atoms with Gasteiger partial charge in [-0.1, -0.05) is 0 Å². The number of aryl methyl sites for hydroxylation is 1. The Bertz CT molecular complexity index is 348. The maximum atomic E-state index is 9.93. The van der Waals surface area contributed by atoms with Crippen molar-refractivity contribution in [2.24, 2.45) is 5.73 Å². The van der Waals surface area contributed by atoms with Crippen LogP contribution in [0.5, 0.6) is 11.5 Å².